The first-order valence-corrected chi connectivity index (χ1v) is 2.66. The summed E-state index contributed by atoms with van der Waals surface area (Å²) in [6, 6.07) is 0. The maximum absolute atomic E-state index is 10.4. The fourth-order valence-corrected chi connectivity index (χ4v) is 0.446. The highest BCUT2D eigenvalue weighted by molar-refractivity contribution is 5.81. The molecule has 2 heteroatoms. The van der Waals surface area contributed by atoms with Crippen molar-refractivity contribution in [3.63, 3.8) is 0 Å². The first-order valence-electron chi connectivity index (χ1n) is 2.66. The molecule has 2 nitrogen and oxygen atoms in total. The molecule has 0 heterocycles. The van der Waals surface area contributed by atoms with Crippen LogP contribution in [0.2, 0.25) is 0 Å². The van der Waals surface area contributed by atoms with E-state index in [1.807, 2.05) is 6.92 Å². The molecular formula is C6H9NO. The van der Waals surface area contributed by atoms with E-state index >= 15 is 0 Å². The maximum Gasteiger partial charge on any atom is 0.272 e. The van der Waals surface area contributed by atoms with Gasteiger partial charge in [-0.1, -0.05) is 6.92 Å². The summed E-state index contributed by atoms with van der Waals surface area (Å²) >= 11 is 0. The first-order chi connectivity index (χ1) is 3.81. The van der Waals surface area contributed by atoms with Crippen LogP contribution in [0.25, 0.3) is 4.85 Å². The lowest BCUT2D eigenvalue weighted by molar-refractivity contribution is -0.117. The molecule has 0 N–H and O–H groups in total. The van der Waals surface area contributed by atoms with Crippen LogP contribution in [0.4, 0.5) is 0 Å². The number of hydrogen-bond acceptors (Lipinski definition) is 1. The van der Waals surface area contributed by atoms with E-state index in [0.717, 1.165) is 6.42 Å². The third-order valence-corrected chi connectivity index (χ3v) is 0.784. The quantitative estimate of drug-likeness (QED) is 0.502. The number of ketones is 1. The highest BCUT2D eigenvalue weighted by Crippen LogP contribution is 1.88. The summed E-state index contributed by atoms with van der Waals surface area (Å²) in [5.74, 6) is 0.0579. The van der Waals surface area contributed by atoms with Gasteiger partial charge in [0.15, 0.2) is 0 Å². The van der Waals surface area contributed by atoms with Crippen molar-refractivity contribution >= 4 is 5.78 Å². The molecule has 0 bridgehead atoms. The van der Waals surface area contributed by atoms with Crippen LogP contribution in [0.3, 0.4) is 0 Å². The highest BCUT2D eigenvalue weighted by Gasteiger charge is 1.99. The molecular weight excluding hydrogens is 102 g/mol. The van der Waals surface area contributed by atoms with Gasteiger partial charge in [-0.25, -0.2) is 6.57 Å². The van der Waals surface area contributed by atoms with Gasteiger partial charge in [-0.15, -0.1) is 0 Å². The zero-order valence-corrected chi connectivity index (χ0v) is 4.98. The van der Waals surface area contributed by atoms with Crippen LogP contribution in [0, 0.1) is 6.57 Å². The molecule has 0 saturated carbocycles. The lowest BCUT2D eigenvalue weighted by Crippen LogP contribution is -1.98. The molecule has 0 atom stereocenters. The van der Waals surface area contributed by atoms with Gasteiger partial charge in [0.2, 0.25) is 5.78 Å². The smallest absolute Gasteiger partial charge is 0.272 e. The van der Waals surface area contributed by atoms with Crippen molar-refractivity contribution in [1.29, 1.82) is 0 Å². The van der Waals surface area contributed by atoms with Crippen LogP contribution in [0.1, 0.15) is 19.8 Å². The van der Waals surface area contributed by atoms with Gasteiger partial charge in [0.1, 0.15) is 0 Å². The fourth-order valence-electron chi connectivity index (χ4n) is 0.446. The third-order valence-electron chi connectivity index (χ3n) is 0.784. The van der Waals surface area contributed by atoms with E-state index in [0.29, 0.717) is 6.42 Å². The van der Waals surface area contributed by atoms with Gasteiger partial charge in [0.25, 0.3) is 6.54 Å². The topological polar surface area (TPSA) is 21.4 Å². The van der Waals surface area contributed by atoms with Gasteiger partial charge < -0.3 is 4.85 Å². The van der Waals surface area contributed by atoms with Gasteiger partial charge in [-0.2, -0.15) is 0 Å². The lowest BCUT2D eigenvalue weighted by Gasteiger charge is -1.83. The second-order valence-corrected chi connectivity index (χ2v) is 1.60. The number of carbonyl (C=O) groups excluding carboxylic acids is 1. The molecule has 44 valence electrons. The third kappa shape index (κ3) is 3.35. The average molecular weight is 111 g/mol. The molecule has 0 aliphatic heterocycles. The molecule has 0 aliphatic rings. The summed E-state index contributed by atoms with van der Waals surface area (Å²) < 4.78 is 0. The Morgan fingerprint density at radius 3 is 2.75 bits per heavy atom. The van der Waals surface area contributed by atoms with E-state index in [9.17, 15) is 4.79 Å². The summed E-state index contributed by atoms with van der Waals surface area (Å²) in [7, 11) is 0. The Kier molecular flexibility index (Phi) is 3.87. The van der Waals surface area contributed by atoms with Crippen LogP contribution in [0.5, 0.6) is 0 Å². The predicted octanol–water partition coefficient (Wildman–Crippen LogP) is 1.27. The van der Waals surface area contributed by atoms with Gasteiger partial charge >= 0.3 is 0 Å². The second-order valence-electron chi connectivity index (χ2n) is 1.60. The number of nitrogens with zero attached hydrogens (tertiary/aromatic N) is 1. The molecule has 0 unspecified atom stereocenters. The predicted molar refractivity (Wildman–Crippen MR) is 31.4 cm³/mol. The SMILES string of the molecule is [C-]#[N+]CC(=O)CCC. The Labute approximate surface area is 49.3 Å². The van der Waals surface area contributed by atoms with Crippen LogP contribution < -0.4 is 0 Å². The second kappa shape index (κ2) is 4.32. The van der Waals surface area contributed by atoms with E-state index < -0.39 is 0 Å². The van der Waals surface area contributed by atoms with Gasteiger partial charge in [-0.3, -0.25) is 4.79 Å². The maximum atomic E-state index is 10.4. The molecule has 8 heavy (non-hydrogen) atoms. The average Bonchev–Trinajstić information content (AvgIpc) is 1.68. The lowest BCUT2D eigenvalue weighted by atomic mass is 10.2. The number of rotatable bonds is 3. The molecule has 0 spiro atoms. The van der Waals surface area contributed by atoms with Crippen LogP contribution in [-0.2, 0) is 4.79 Å². The number of hydrogen-bond donors (Lipinski definition) is 0. The van der Waals surface area contributed by atoms with Crippen molar-refractivity contribution in [2.45, 2.75) is 19.8 Å². The molecule has 0 radical (unpaired) electrons. The standard InChI is InChI=1S/C6H9NO/c1-3-4-6(8)5-7-2/h3-5H2,1H3. The van der Waals surface area contributed by atoms with Crippen molar-refractivity contribution < 1.29 is 4.79 Å². The zero-order valence-electron chi connectivity index (χ0n) is 4.98. The van der Waals surface area contributed by atoms with E-state index in [2.05, 4.69) is 4.85 Å². The van der Waals surface area contributed by atoms with E-state index in [-0.39, 0.29) is 12.3 Å². The largest absolute Gasteiger partial charge is 0.309 e. The summed E-state index contributed by atoms with van der Waals surface area (Å²) in [5, 5.41) is 0. The minimum atomic E-state index is 0.0579. The Morgan fingerprint density at radius 1 is 1.75 bits per heavy atom. The van der Waals surface area contributed by atoms with E-state index in [1.54, 1.807) is 0 Å². The Morgan fingerprint density at radius 2 is 2.38 bits per heavy atom. The Balaban J connectivity index is 3.23. The van der Waals surface area contributed by atoms with Gasteiger partial charge in [-0.05, 0) is 6.42 Å². The van der Waals surface area contributed by atoms with Gasteiger partial charge in [0.05, 0.1) is 0 Å². The summed E-state index contributed by atoms with van der Waals surface area (Å²) in [4.78, 5) is 13.4. The van der Waals surface area contributed by atoms with Crippen LogP contribution >= 0.6 is 0 Å². The minimum Gasteiger partial charge on any atom is -0.309 e. The Bertz CT molecular complexity index is 112. The monoisotopic (exact) mass is 111 g/mol. The number of carbonyl (C=O) groups is 1. The fraction of sp³-hybridized carbons (Fsp3) is 0.667. The van der Waals surface area contributed by atoms with Crippen LogP contribution in [-0.4, -0.2) is 12.3 Å². The van der Waals surface area contributed by atoms with E-state index in [1.165, 1.54) is 0 Å². The highest BCUT2D eigenvalue weighted by atomic mass is 16.1. The molecule has 0 aromatic carbocycles. The summed E-state index contributed by atoms with van der Waals surface area (Å²) in [6.07, 6.45) is 1.41. The molecule has 0 amide bonds. The van der Waals surface area contributed by atoms with Crippen molar-refractivity contribution in [1.82, 2.24) is 0 Å². The normalized spacial score (nSPS) is 8.00. The van der Waals surface area contributed by atoms with Crippen molar-refractivity contribution in [2.24, 2.45) is 0 Å². The number of Topliss-reactive ketones (excluding diaryl/α,β-unsaturated/α-hetero) is 1. The molecule has 0 fully saturated rings. The summed E-state index contributed by atoms with van der Waals surface area (Å²) in [5.41, 5.74) is 0. The van der Waals surface area contributed by atoms with Crippen molar-refractivity contribution in [3.05, 3.63) is 11.4 Å². The van der Waals surface area contributed by atoms with Crippen LogP contribution in [0.15, 0.2) is 0 Å². The molecule has 0 saturated heterocycles. The molecule has 0 rings (SSSR count). The summed E-state index contributed by atoms with van der Waals surface area (Å²) in [6.45, 7) is 8.31. The molecule has 0 aromatic heterocycles. The van der Waals surface area contributed by atoms with Crippen molar-refractivity contribution in [3.8, 4) is 0 Å². The molecule has 0 aliphatic carbocycles. The van der Waals surface area contributed by atoms with E-state index in [4.69, 9.17) is 6.57 Å². The Hall–Kier alpha value is -0.840. The zero-order chi connectivity index (χ0) is 6.41. The first kappa shape index (κ1) is 7.16. The molecule has 0 aromatic rings. The minimum absolute atomic E-state index is 0.0579. The van der Waals surface area contributed by atoms with Gasteiger partial charge in [0, 0.05) is 6.42 Å². The van der Waals surface area contributed by atoms with Crippen molar-refractivity contribution in [2.75, 3.05) is 6.54 Å².